The maximum absolute atomic E-state index is 11.6. The van der Waals surface area contributed by atoms with Crippen molar-refractivity contribution in [2.75, 3.05) is 0 Å². The van der Waals surface area contributed by atoms with Gasteiger partial charge >= 0.3 is 18.3 Å². The van der Waals surface area contributed by atoms with Gasteiger partial charge in [-0.05, 0) is 103 Å². The molecule has 15 nitrogen and oxygen atoms in total. The molecule has 0 saturated heterocycles. The molecule has 0 saturated carbocycles. The topological polar surface area (TPSA) is 228 Å². The van der Waals surface area contributed by atoms with Crippen molar-refractivity contribution < 1.29 is 73.4 Å². The van der Waals surface area contributed by atoms with Gasteiger partial charge in [0.25, 0.3) is 0 Å². The predicted octanol–water partition coefficient (Wildman–Crippen LogP) is 10.0. The van der Waals surface area contributed by atoms with Crippen LogP contribution in [0.5, 0.6) is 74.7 Å². The average Bonchev–Trinajstić information content (AvgIpc) is 3.23. The van der Waals surface area contributed by atoms with E-state index < -0.39 is 24.0 Å². The van der Waals surface area contributed by atoms with Crippen LogP contribution in [0.2, 0.25) is 0 Å². The fraction of sp³-hybridized carbons (Fsp3) is 0.0217. The molecule has 6 N–H and O–H groups in total. The van der Waals surface area contributed by atoms with E-state index in [1.807, 2.05) is 12.1 Å². The molecule has 0 amide bonds. The van der Waals surface area contributed by atoms with Gasteiger partial charge in [0.2, 0.25) is 0 Å². The Hall–Kier alpha value is -8.85. The second-order valence-electron chi connectivity index (χ2n) is 12.1. The number of carbonyl (C=O) groups is 3. The van der Waals surface area contributed by atoms with Crippen LogP contribution in [0.4, 0.5) is 9.59 Å². The van der Waals surface area contributed by atoms with E-state index >= 15 is 0 Å². The highest BCUT2D eigenvalue weighted by Crippen LogP contribution is 2.32. The zero-order valence-corrected chi connectivity index (χ0v) is 32.3. The minimum Gasteiger partial charge on any atom is -0.504 e. The Bertz CT molecular complexity index is 2490. The Morgan fingerprint density at radius 3 is 1.07 bits per heavy atom. The monoisotopic (exact) mass is 830 g/mol. The highest BCUT2D eigenvalue weighted by atomic mass is 16.7. The lowest BCUT2D eigenvalue weighted by atomic mass is 10.2. The van der Waals surface area contributed by atoms with E-state index in [1.54, 1.807) is 54.6 Å². The summed E-state index contributed by atoms with van der Waals surface area (Å²) in [5.74, 6) is -0.438. The summed E-state index contributed by atoms with van der Waals surface area (Å²) in [7, 11) is 0. The molecular formula is C46H38O15. The molecule has 0 aromatic heterocycles. The third-order valence-corrected chi connectivity index (χ3v) is 7.50. The second kappa shape index (κ2) is 21.6. The van der Waals surface area contributed by atoms with Crippen LogP contribution in [-0.2, 0) is 4.79 Å². The number of ether oxygens (including phenoxy) is 6. The minimum absolute atomic E-state index is 0.00214. The summed E-state index contributed by atoms with van der Waals surface area (Å²) < 4.78 is 30.1. The molecule has 0 bridgehead atoms. The molecule has 0 aliphatic carbocycles. The summed E-state index contributed by atoms with van der Waals surface area (Å²) in [5.41, 5.74) is 2.16. The molecule has 6 rings (SSSR count). The normalized spacial score (nSPS) is 9.85. The average molecular weight is 831 g/mol. The van der Waals surface area contributed by atoms with Crippen molar-refractivity contribution in [3.8, 4) is 74.7 Å². The molecule has 15 heteroatoms. The standard InChI is InChI=1S/C17H14O7.C15H12O5.C14H12O3/c1-10(2)16(20)22-11-3-5-12(6-4-11)23-17(21)24-13-7-8-14(18)15(19)9-13;1-2-10-3-5-11(6-4-10)19-15(18)20-12-7-8-13(16)14(17)9-12;1-2-10-3-5-11(6-4-10)17-12-7-8-13(15)14(16)9-12/h3-9,18-19H,1H2,2H3;2-9,16-17H,1H2;2-9,15-16H,1H2. The third-order valence-electron chi connectivity index (χ3n) is 7.50. The quantitative estimate of drug-likeness (QED) is 0.0248. The van der Waals surface area contributed by atoms with Gasteiger partial charge in [0, 0.05) is 23.8 Å². The molecular weight excluding hydrogens is 792 g/mol. The lowest BCUT2D eigenvalue weighted by Crippen LogP contribution is -2.13. The van der Waals surface area contributed by atoms with E-state index in [0.29, 0.717) is 17.2 Å². The number of hydrogen-bond donors (Lipinski definition) is 6. The second-order valence-corrected chi connectivity index (χ2v) is 12.1. The van der Waals surface area contributed by atoms with Crippen molar-refractivity contribution in [3.63, 3.8) is 0 Å². The maximum Gasteiger partial charge on any atom is 0.519 e. The van der Waals surface area contributed by atoms with Crippen LogP contribution in [0.3, 0.4) is 0 Å². The Morgan fingerprint density at radius 1 is 0.410 bits per heavy atom. The Labute approximate surface area is 348 Å². The van der Waals surface area contributed by atoms with E-state index in [0.717, 1.165) is 23.3 Å². The maximum atomic E-state index is 11.6. The van der Waals surface area contributed by atoms with Gasteiger partial charge in [-0.25, -0.2) is 14.4 Å². The summed E-state index contributed by atoms with van der Waals surface area (Å²) in [6, 6.07) is 31.2. The fourth-order valence-corrected chi connectivity index (χ4v) is 4.38. The van der Waals surface area contributed by atoms with Gasteiger partial charge in [0.15, 0.2) is 34.5 Å². The number of phenolic OH excluding ortho intramolecular Hbond substituents is 6. The highest BCUT2D eigenvalue weighted by Gasteiger charge is 2.12. The fourth-order valence-electron chi connectivity index (χ4n) is 4.38. The van der Waals surface area contributed by atoms with Gasteiger partial charge < -0.3 is 59.1 Å². The molecule has 61 heavy (non-hydrogen) atoms. The highest BCUT2D eigenvalue weighted by molar-refractivity contribution is 5.88. The van der Waals surface area contributed by atoms with Crippen molar-refractivity contribution in [2.24, 2.45) is 0 Å². The molecule has 0 unspecified atom stereocenters. The Kier molecular flexibility index (Phi) is 15.9. The van der Waals surface area contributed by atoms with Gasteiger partial charge in [0.1, 0.15) is 40.2 Å². The Morgan fingerprint density at radius 2 is 0.705 bits per heavy atom. The van der Waals surface area contributed by atoms with Crippen molar-refractivity contribution in [3.05, 3.63) is 164 Å². The van der Waals surface area contributed by atoms with Crippen molar-refractivity contribution >= 4 is 30.4 Å². The van der Waals surface area contributed by atoms with E-state index in [2.05, 4.69) is 19.7 Å². The van der Waals surface area contributed by atoms with E-state index in [4.69, 9.17) is 38.6 Å². The summed E-state index contributed by atoms with van der Waals surface area (Å²) in [4.78, 5) is 34.5. The lowest BCUT2D eigenvalue weighted by molar-refractivity contribution is -0.130. The lowest BCUT2D eigenvalue weighted by Gasteiger charge is -2.07. The van der Waals surface area contributed by atoms with Crippen molar-refractivity contribution in [2.45, 2.75) is 6.92 Å². The first-order valence-corrected chi connectivity index (χ1v) is 17.6. The van der Waals surface area contributed by atoms with Crippen LogP contribution < -0.4 is 28.4 Å². The molecule has 0 aliphatic rings. The van der Waals surface area contributed by atoms with Gasteiger partial charge in [0.05, 0.1) is 0 Å². The molecule has 0 heterocycles. The SMILES string of the molecule is C=C(C)C(=O)Oc1ccc(OC(=O)Oc2ccc(O)c(O)c2)cc1.C=Cc1ccc(OC(=O)Oc2ccc(O)c(O)c2)cc1.C=Cc1ccc(Oc2ccc(O)c(O)c2)cc1. The zero-order valence-electron chi connectivity index (χ0n) is 32.3. The smallest absolute Gasteiger partial charge is 0.504 e. The number of carbonyl (C=O) groups excluding carboxylic acids is 3. The third kappa shape index (κ3) is 14.6. The number of esters is 1. The van der Waals surface area contributed by atoms with Crippen molar-refractivity contribution in [1.29, 1.82) is 0 Å². The number of hydrogen-bond acceptors (Lipinski definition) is 15. The Balaban J connectivity index is 0.000000204. The molecule has 0 aliphatic heterocycles. The van der Waals surface area contributed by atoms with E-state index in [1.165, 1.54) is 67.6 Å². The van der Waals surface area contributed by atoms with Crippen LogP contribution in [0.1, 0.15) is 18.1 Å². The molecule has 0 radical (unpaired) electrons. The van der Waals surface area contributed by atoms with Crippen LogP contribution in [0.25, 0.3) is 12.2 Å². The molecule has 0 atom stereocenters. The predicted molar refractivity (Wildman–Crippen MR) is 223 cm³/mol. The molecule has 6 aromatic rings. The first-order chi connectivity index (χ1) is 29.1. The molecule has 312 valence electrons. The summed E-state index contributed by atoms with van der Waals surface area (Å²) in [6.45, 7) is 12.3. The molecule has 6 aromatic carbocycles. The van der Waals surface area contributed by atoms with Gasteiger partial charge in [-0.3, -0.25) is 0 Å². The van der Waals surface area contributed by atoms with Crippen molar-refractivity contribution in [1.82, 2.24) is 0 Å². The summed E-state index contributed by atoms with van der Waals surface area (Å²) >= 11 is 0. The van der Waals surface area contributed by atoms with E-state index in [9.17, 15) is 34.8 Å². The zero-order chi connectivity index (χ0) is 44.5. The molecule has 0 fully saturated rings. The van der Waals surface area contributed by atoms with Crippen LogP contribution in [0, 0.1) is 0 Å². The number of benzene rings is 6. The van der Waals surface area contributed by atoms with Crippen LogP contribution in [0.15, 0.2) is 153 Å². The van der Waals surface area contributed by atoms with Crippen LogP contribution in [-0.4, -0.2) is 48.9 Å². The number of aromatic hydroxyl groups is 6. The first-order valence-electron chi connectivity index (χ1n) is 17.6. The number of rotatable bonds is 10. The van der Waals surface area contributed by atoms with Gasteiger partial charge in [-0.2, -0.15) is 0 Å². The van der Waals surface area contributed by atoms with Crippen LogP contribution >= 0.6 is 0 Å². The summed E-state index contributed by atoms with van der Waals surface area (Å²) in [5, 5.41) is 55.4. The van der Waals surface area contributed by atoms with Gasteiger partial charge in [-0.1, -0.05) is 56.2 Å². The minimum atomic E-state index is -1.04. The summed E-state index contributed by atoms with van der Waals surface area (Å²) in [6.07, 6.45) is 1.44. The van der Waals surface area contributed by atoms with E-state index in [-0.39, 0.29) is 57.3 Å². The molecule has 0 spiro atoms. The van der Waals surface area contributed by atoms with Gasteiger partial charge in [-0.15, -0.1) is 0 Å². The largest absolute Gasteiger partial charge is 0.519 e. The number of phenols is 6. The first kappa shape index (κ1) is 44.9.